The Morgan fingerprint density at radius 1 is 1.46 bits per heavy atom. The van der Waals surface area contributed by atoms with Crippen molar-refractivity contribution >= 4 is 5.65 Å². The van der Waals surface area contributed by atoms with E-state index in [0.29, 0.717) is 5.69 Å². The number of hydrogen-bond acceptors (Lipinski definition) is 3. The van der Waals surface area contributed by atoms with Crippen molar-refractivity contribution in [3.8, 4) is 0 Å². The maximum atomic E-state index is 9.69. The second kappa shape index (κ2) is 2.53. The number of imidazole rings is 1. The first-order valence-electron chi connectivity index (χ1n) is 4.09. The maximum absolute atomic E-state index is 9.69. The summed E-state index contributed by atoms with van der Waals surface area (Å²) in [6, 6.07) is 0. The number of fused-ring (bicyclic) bond motifs is 1. The van der Waals surface area contributed by atoms with Crippen LogP contribution in [0.2, 0.25) is 0 Å². The molecule has 0 fully saturated rings. The molecule has 13 heavy (non-hydrogen) atoms. The van der Waals surface area contributed by atoms with Gasteiger partial charge in [-0.05, 0) is 13.8 Å². The van der Waals surface area contributed by atoms with Crippen LogP contribution in [0, 0.1) is 0 Å². The largest absolute Gasteiger partial charge is 0.384 e. The van der Waals surface area contributed by atoms with E-state index in [1.54, 1.807) is 38.6 Å². The Kier molecular flexibility index (Phi) is 1.60. The van der Waals surface area contributed by atoms with E-state index in [9.17, 15) is 5.11 Å². The Hall–Kier alpha value is -1.42. The highest BCUT2D eigenvalue weighted by Gasteiger charge is 2.19. The van der Waals surface area contributed by atoms with Crippen molar-refractivity contribution in [3.63, 3.8) is 0 Å². The third-order valence-electron chi connectivity index (χ3n) is 1.89. The van der Waals surface area contributed by atoms with Gasteiger partial charge >= 0.3 is 0 Å². The van der Waals surface area contributed by atoms with Gasteiger partial charge in [-0.3, -0.25) is 4.98 Å². The predicted molar refractivity (Wildman–Crippen MR) is 48.2 cm³/mol. The van der Waals surface area contributed by atoms with E-state index in [-0.39, 0.29) is 0 Å². The summed E-state index contributed by atoms with van der Waals surface area (Å²) in [6.07, 6.45) is 6.95. The lowest BCUT2D eigenvalue weighted by Crippen LogP contribution is -2.15. The highest BCUT2D eigenvalue weighted by atomic mass is 16.3. The average molecular weight is 177 g/mol. The van der Waals surface area contributed by atoms with Gasteiger partial charge in [-0.25, -0.2) is 4.98 Å². The smallest absolute Gasteiger partial charge is 0.155 e. The van der Waals surface area contributed by atoms with Gasteiger partial charge in [-0.2, -0.15) is 0 Å². The van der Waals surface area contributed by atoms with Gasteiger partial charge in [0.05, 0.1) is 11.9 Å². The van der Waals surface area contributed by atoms with Crippen LogP contribution in [0.15, 0.2) is 24.8 Å². The topological polar surface area (TPSA) is 50.4 Å². The van der Waals surface area contributed by atoms with E-state index in [1.807, 2.05) is 4.40 Å². The van der Waals surface area contributed by atoms with E-state index in [1.165, 1.54) is 0 Å². The summed E-state index contributed by atoms with van der Waals surface area (Å²) in [4.78, 5) is 8.18. The van der Waals surface area contributed by atoms with Crippen LogP contribution < -0.4 is 0 Å². The third kappa shape index (κ3) is 1.40. The molecule has 0 spiro atoms. The number of rotatable bonds is 1. The molecule has 0 bridgehead atoms. The molecule has 2 heterocycles. The summed E-state index contributed by atoms with van der Waals surface area (Å²) in [5, 5.41) is 9.69. The molecule has 4 heteroatoms. The van der Waals surface area contributed by atoms with Crippen LogP contribution in [0.25, 0.3) is 5.65 Å². The number of aliphatic hydroxyl groups is 1. The molecule has 1 N–H and O–H groups in total. The molecular formula is C9H11N3O. The van der Waals surface area contributed by atoms with Crippen molar-refractivity contribution in [1.29, 1.82) is 0 Å². The summed E-state index contributed by atoms with van der Waals surface area (Å²) in [6.45, 7) is 3.42. The summed E-state index contributed by atoms with van der Waals surface area (Å²) < 4.78 is 1.83. The average Bonchev–Trinajstić information content (AvgIpc) is 2.45. The molecule has 0 unspecified atom stereocenters. The molecule has 0 amide bonds. The lowest BCUT2D eigenvalue weighted by atomic mass is 10.1. The molecular weight excluding hydrogens is 166 g/mol. The van der Waals surface area contributed by atoms with Gasteiger partial charge in [0.2, 0.25) is 0 Å². The molecule has 0 aliphatic carbocycles. The van der Waals surface area contributed by atoms with Crippen LogP contribution in [0.1, 0.15) is 19.5 Å². The summed E-state index contributed by atoms with van der Waals surface area (Å²) in [7, 11) is 0. The minimum absolute atomic E-state index is 0.653. The Morgan fingerprint density at radius 2 is 2.23 bits per heavy atom. The number of nitrogens with zero attached hydrogens (tertiary/aromatic N) is 3. The Bertz CT molecular complexity index is 395. The van der Waals surface area contributed by atoms with Crippen molar-refractivity contribution in [3.05, 3.63) is 30.5 Å². The molecule has 2 rings (SSSR count). The SMILES string of the molecule is CC(C)(O)c1cn2ccncc2n1. The predicted octanol–water partition coefficient (Wildman–Crippen LogP) is 0.957. The zero-order valence-electron chi connectivity index (χ0n) is 7.60. The molecule has 2 aromatic rings. The number of hydrogen-bond donors (Lipinski definition) is 1. The van der Waals surface area contributed by atoms with Gasteiger partial charge in [0.1, 0.15) is 5.60 Å². The minimum Gasteiger partial charge on any atom is -0.384 e. The Morgan fingerprint density at radius 3 is 2.85 bits per heavy atom. The van der Waals surface area contributed by atoms with Crippen LogP contribution in [0.3, 0.4) is 0 Å². The van der Waals surface area contributed by atoms with Gasteiger partial charge in [0.25, 0.3) is 0 Å². The fourth-order valence-corrected chi connectivity index (χ4v) is 1.14. The normalized spacial score (nSPS) is 12.2. The zero-order valence-corrected chi connectivity index (χ0v) is 7.60. The van der Waals surface area contributed by atoms with Gasteiger partial charge in [0.15, 0.2) is 5.65 Å². The molecule has 0 saturated heterocycles. The van der Waals surface area contributed by atoms with Crippen LogP contribution >= 0.6 is 0 Å². The van der Waals surface area contributed by atoms with Gasteiger partial charge < -0.3 is 9.51 Å². The molecule has 0 aliphatic rings. The zero-order chi connectivity index (χ0) is 9.47. The molecule has 0 aromatic carbocycles. The van der Waals surface area contributed by atoms with Crippen LogP contribution in [-0.4, -0.2) is 19.5 Å². The molecule has 0 saturated carbocycles. The minimum atomic E-state index is -0.897. The fraction of sp³-hybridized carbons (Fsp3) is 0.333. The second-order valence-electron chi connectivity index (χ2n) is 3.53. The van der Waals surface area contributed by atoms with E-state index in [0.717, 1.165) is 5.65 Å². The molecule has 0 aliphatic heterocycles. The first-order valence-corrected chi connectivity index (χ1v) is 4.09. The van der Waals surface area contributed by atoms with Gasteiger partial charge in [0, 0.05) is 18.6 Å². The van der Waals surface area contributed by atoms with Gasteiger partial charge in [-0.1, -0.05) is 0 Å². The number of aromatic nitrogens is 3. The van der Waals surface area contributed by atoms with Crippen LogP contribution in [-0.2, 0) is 5.60 Å². The van der Waals surface area contributed by atoms with E-state index in [2.05, 4.69) is 9.97 Å². The van der Waals surface area contributed by atoms with Crippen LogP contribution in [0.4, 0.5) is 0 Å². The van der Waals surface area contributed by atoms with Crippen molar-refractivity contribution < 1.29 is 5.11 Å². The highest BCUT2D eigenvalue weighted by molar-refractivity contribution is 5.37. The lowest BCUT2D eigenvalue weighted by Gasteiger charge is -2.12. The molecule has 0 atom stereocenters. The molecule has 4 nitrogen and oxygen atoms in total. The van der Waals surface area contributed by atoms with Crippen LogP contribution in [0.5, 0.6) is 0 Å². The second-order valence-corrected chi connectivity index (χ2v) is 3.53. The van der Waals surface area contributed by atoms with Crippen molar-refractivity contribution in [2.24, 2.45) is 0 Å². The first kappa shape index (κ1) is 8.19. The summed E-state index contributed by atoms with van der Waals surface area (Å²) in [5.74, 6) is 0. The van der Waals surface area contributed by atoms with Crippen molar-refractivity contribution in [2.45, 2.75) is 19.4 Å². The first-order chi connectivity index (χ1) is 6.07. The fourth-order valence-electron chi connectivity index (χ4n) is 1.14. The van der Waals surface area contributed by atoms with E-state index >= 15 is 0 Å². The Labute approximate surface area is 75.9 Å². The lowest BCUT2D eigenvalue weighted by molar-refractivity contribution is 0.0744. The van der Waals surface area contributed by atoms with E-state index in [4.69, 9.17) is 0 Å². The van der Waals surface area contributed by atoms with Crippen molar-refractivity contribution in [2.75, 3.05) is 0 Å². The third-order valence-corrected chi connectivity index (χ3v) is 1.89. The Balaban J connectivity index is 2.63. The molecule has 0 radical (unpaired) electrons. The van der Waals surface area contributed by atoms with Crippen molar-refractivity contribution in [1.82, 2.24) is 14.4 Å². The maximum Gasteiger partial charge on any atom is 0.155 e. The standard InChI is InChI=1S/C9H11N3O/c1-9(2,13)7-6-12-4-3-10-5-8(12)11-7/h3-6,13H,1-2H3. The summed E-state index contributed by atoms with van der Waals surface area (Å²) in [5.41, 5.74) is 0.506. The van der Waals surface area contributed by atoms with E-state index < -0.39 is 5.60 Å². The highest BCUT2D eigenvalue weighted by Crippen LogP contribution is 2.18. The summed E-state index contributed by atoms with van der Waals surface area (Å²) >= 11 is 0. The monoisotopic (exact) mass is 177 g/mol. The van der Waals surface area contributed by atoms with Gasteiger partial charge in [-0.15, -0.1) is 0 Å². The molecule has 68 valence electrons. The quantitative estimate of drug-likeness (QED) is 0.705. The molecule has 2 aromatic heterocycles.